The molecule has 0 radical (unpaired) electrons. The van der Waals surface area contributed by atoms with E-state index in [1.807, 2.05) is 7.05 Å². The van der Waals surface area contributed by atoms with Gasteiger partial charge in [-0.25, -0.2) is 8.42 Å². The topological polar surface area (TPSA) is 92.6 Å². The predicted molar refractivity (Wildman–Crippen MR) is 78.5 cm³/mol. The minimum Gasteiger partial charge on any atom is -0.319 e. The first-order chi connectivity index (χ1) is 9.96. The summed E-state index contributed by atoms with van der Waals surface area (Å²) in [6.45, 7) is 1.67. The summed E-state index contributed by atoms with van der Waals surface area (Å²) in [5.41, 5.74) is -0.366. The fourth-order valence-electron chi connectivity index (χ4n) is 2.61. The largest absolute Gasteiger partial charge is 0.319 e. The number of nitro benzene ring substituents is 1. The first-order valence-electron chi connectivity index (χ1n) is 6.85. The molecule has 0 spiro atoms. The van der Waals surface area contributed by atoms with Crippen molar-refractivity contribution >= 4 is 15.7 Å². The van der Waals surface area contributed by atoms with Crippen LogP contribution in [0.4, 0.5) is 5.69 Å². The summed E-state index contributed by atoms with van der Waals surface area (Å²) in [6.07, 6.45) is 1.53. The Hall–Kier alpha value is -1.51. The zero-order valence-electron chi connectivity index (χ0n) is 11.9. The van der Waals surface area contributed by atoms with Crippen LogP contribution in [0.3, 0.4) is 0 Å². The third-order valence-corrected chi connectivity index (χ3v) is 5.69. The lowest BCUT2D eigenvalue weighted by molar-refractivity contribution is -0.387. The molecule has 7 nitrogen and oxygen atoms in total. The molecule has 1 aromatic carbocycles. The summed E-state index contributed by atoms with van der Waals surface area (Å²) in [4.78, 5) is 10.1. The van der Waals surface area contributed by atoms with Crippen molar-refractivity contribution in [3.05, 3.63) is 34.4 Å². The van der Waals surface area contributed by atoms with Crippen molar-refractivity contribution < 1.29 is 13.3 Å². The Morgan fingerprint density at radius 3 is 2.52 bits per heavy atom. The molecular formula is C13H19N3O4S. The molecule has 1 saturated heterocycles. The van der Waals surface area contributed by atoms with Gasteiger partial charge in [-0.2, -0.15) is 4.31 Å². The van der Waals surface area contributed by atoms with Gasteiger partial charge in [0.15, 0.2) is 4.90 Å². The van der Waals surface area contributed by atoms with Gasteiger partial charge in [0, 0.05) is 19.2 Å². The number of nitrogens with zero attached hydrogens (tertiary/aromatic N) is 2. The van der Waals surface area contributed by atoms with Crippen molar-refractivity contribution in [2.24, 2.45) is 5.92 Å². The molecular weight excluding hydrogens is 294 g/mol. The molecule has 0 aromatic heterocycles. The zero-order valence-corrected chi connectivity index (χ0v) is 12.7. The number of rotatable bonds is 5. The lowest BCUT2D eigenvalue weighted by Gasteiger charge is -2.30. The molecule has 0 unspecified atom stereocenters. The lowest BCUT2D eigenvalue weighted by Crippen LogP contribution is -2.40. The van der Waals surface area contributed by atoms with Crippen LogP contribution < -0.4 is 5.32 Å². The molecule has 8 heteroatoms. The average Bonchev–Trinajstić information content (AvgIpc) is 2.48. The van der Waals surface area contributed by atoms with E-state index in [4.69, 9.17) is 0 Å². The van der Waals surface area contributed by atoms with Crippen molar-refractivity contribution in [3.8, 4) is 0 Å². The van der Waals surface area contributed by atoms with Gasteiger partial charge in [-0.15, -0.1) is 0 Å². The quantitative estimate of drug-likeness (QED) is 0.651. The second kappa shape index (κ2) is 6.50. The lowest BCUT2D eigenvalue weighted by atomic mass is 9.98. The molecule has 116 valence electrons. The number of piperidine rings is 1. The Morgan fingerprint density at radius 2 is 1.95 bits per heavy atom. The van der Waals surface area contributed by atoms with Crippen LogP contribution in [0.15, 0.2) is 29.2 Å². The average molecular weight is 313 g/mol. The van der Waals surface area contributed by atoms with E-state index < -0.39 is 14.9 Å². The molecule has 2 rings (SSSR count). The van der Waals surface area contributed by atoms with Gasteiger partial charge in [0.1, 0.15) is 0 Å². The van der Waals surface area contributed by atoms with Gasteiger partial charge in [-0.05, 0) is 38.4 Å². The summed E-state index contributed by atoms with van der Waals surface area (Å²) in [6, 6.07) is 5.50. The van der Waals surface area contributed by atoms with Crippen LogP contribution in [0, 0.1) is 16.0 Å². The fourth-order valence-corrected chi connectivity index (χ4v) is 4.23. The smallest absolute Gasteiger partial charge is 0.289 e. The van der Waals surface area contributed by atoms with Crippen LogP contribution >= 0.6 is 0 Å². The van der Waals surface area contributed by atoms with Gasteiger partial charge < -0.3 is 5.32 Å². The summed E-state index contributed by atoms with van der Waals surface area (Å²) < 4.78 is 26.5. The summed E-state index contributed by atoms with van der Waals surface area (Å²) in [7, 11) is -1.93. The van der Waals surface area contributed by atoms with E-state index in [2.05, 4.69) is 5.32 Å². The number of nitrogens with one attached hydrogen (secondary N) is 1. The molecule has 1 fully saturated rings. The number of hydrogen-bond acceptors (Lipinski definition) is 5. The van der Waals surface area contributed by atoms with Gasteiger partial charge >= 0.3 is 0 Å². The van der Waals surface area contributed by atoms with Crippen molar-refractivity contribution in [1.29, 1.82) is 0 Å². The Bertz CT molecular complexity index is 610. The molecule has 1 aliphatic heterocycles. The first kappa shape index (κ1) is 15.9. The SMILES string of the molecule is CNCC1CCN(S(=O)(=O)c2ccccc2[N+](=O)[O-])CC1. The van der Waals surface area contributed by atoms with Crippen LogP contribution in [-0.2, 0) is 10.0 Å². The van der Waals surface area contributed by atoms with Crippen molar-refractivity contribution in [2.45, 2.75) is 17.7 Å². The molecule has 0 amide bonds. The van der Waals surface area contributed by atoms with Gasteiger partial charge in [0.2, 0.25) is 10.0 Å². The summed E-state index contributed by atoms with van der Waals surface area (Å²) >= 11 is 0. The van der Waals surface area contributed by atoms with Gasteiger partial charge in [0.25, 0.3) is 5.69 Å². The number of benzene rings is 1. The molecule has 1 N–H and O–H groups in total. The highest BCUT2D eigenvalue weighted by atomic mass is 32.2. The van der Waals surface area contributed by atoms with E-state index in [1.165, 1.54) is 28.6 Å². The van der Waals surface area contributed by atoms with E-state index in [0.717, 1.165) is 19.4 Å². The van der Waals surface area contributed by atoms with Crippen LogP contribution in [0.5, 0.6) is 0 Å². The molecule has 0 aliphatic carbocycles. The minimum atomic E-state index is -3.80. The second-order valence-corrected chi connectivity index (χ2v) is 7.04. The molecule has 0 atom stereocenters. The monoisotopic (exact) mass is 313 g/mol. The summed E-state index contributed by atoms with van der Waals surface area (Å²) in [5.74, 6) is 0.451. The number of nitro groups is 1. The molecule has 1 heterocycles. The second-order valence-electron chi connectivity index (χ2n) is 5.13. The molecule has 0 saturated carbocycles. The molecule has 1 aromatic rings. The normalized spacial score (nSPS) is 17.8. The van der Waals surface area contributed by atoms with E-state index in [-0.39, 0.29) is 10.6 Å². The van der Waals surface area contributed by atoms with E-state index in [1.54, 1.807) is 0 Å². The first-order valence-corrected chi connectivity index (χ1v) is 8.29. The highest BCUT2D eigenvalue weighted by Gasteiger charge is 2.33. The van der Waals surface area contributed by atoms with Crippen molar-refractivity contribution in [3.63, 3.8) is 0 Å². The maximum absolute atomic E-state index is 12.6. The van der Waals surface area contributed by atoms with Crippen LogP contribution in [-0.4, -0.2) is 44.3 Å². The Balaban J connectivity index is 2.22. The fraction of sp³-hybridized carbons (Fsp3) is 0.538. The number of sulfonamides is 1. The third-order valence-electron chi connectivity index (χ3n) is 3.75. The van der Waals surface area contributed by atoms with E-state index in [9.17, 15) is 18.5 Å². The van der Waals surface area contributed by atoms with Gasteiger partial charge in [-0.1, -0.05) is 12.1 Å². The highest BCUT2D eigenvalue weighted by Crippen LogP contribution is 2.29. The van der Waals surface area contributed by atoms with Crippen LogP contribution in [0.25, 0.3) is 0 Å². The van der Waals surface area contributed by atoms with Crippen LogP contribution in [0.2, 0.25) is 0 Å². The van der Waals surface area contributed by atoms with E-state index in [0.29, 0.717) is 19.0 Å². The molecule has 21 heavy (non-hydrogen) atoms. The summed E-state index contributed by atoms with van der Waals surface area (Å²) in [5, 5.41) is 14.1. The standard InChI is InChI=1S/C13H19N3O4S/c1-14-10-11-6-8-15(9-7-11)21(19,20)13-5-3-2-4-12(13)16(17)18/h2-5,11,14H,6-10H2,1H3. The third kappa shape index (κ3) is 3.39. The maximum Gasteiger partial charge on any atom is 0.289 e. The van der Waals surface area contributed by atoms with Crippen LogP contribution in [0.1, 0.15) is 12.8 Å². The van der Waals surface area contributed by atoms with Crippen molar-refractivity contribution in [1.82, 2.24) is 9.62 Å². The Kier molecular flexibility index (Phi) is 4.92. The maximum atomic E-state index is 12.6. The van der Waals surface area contributed by atoms with Crippen molar-refractivity contribution in [2.75, 3.05) is 26.7 Å². The van der Waals surface area contributed by atoms with E-state index >= 15 is 0 Å². The predicted octanol–water partition coefficient (Wildman–Crippen LogP) is 1.21. The zero-order chi connectivity index (χ0) is 15.5. The highest BCUT2D eigenvalue weighted by molar-refractivity contribution is 7.89. The minimum absolute atomic E-state index is 0.220. The Labute approximate surface area is 124 Å². The molecule has 0 bridgehead atoms. The Morgan fingerprint density at radius 1 is 1.33 bits per heavy atom. The number of hydrogen-bond donors (Lipinski definition) is 1. The van der Waals surface area contributed by atoms with Gasteiger partial charge in [0.05, 0.1) is 4.92 Å². The number of para-hydroxylation sites is 1. The molecule has 1 aliphatic rings. The van der Waals surface area contributed by atoms with Gasteiger partial charge in [-0.3, -0.25) is 10.1 Å².